The number of nitrogens with one attached hydrogen (secondary N) is 1. The molecule has 5 rings (SSSR count). The Labute approximate surface area is 261 Å². The van der Waals surface area contributed by atoms with Gasteiger partial charge >= 0.3 is 11.9 Å². The molecule has 0 aliphatic rings. The van der Waals surface area contributed by atoms with Gasteiger partial charge in [0.25, 0.3) is 5.91 Å². The van der Waals surface area contributed by atoms with Crippen molar-refractivity contribution in [1.82, 2.24) is 0 Å². The molecule has 1 amide bonds. The quantitative estimate of drug-likeness (QED) is 0.0544. The lowest BCUT2D eigenvalue weighted by atomic mass is 10.1. The molecule has 2 heterocycles. The fraction of sp³-hybridized carbons (Fsp3) is 0.152. The first-order valence-corrected chi connectivity index (χ1v) is 15.3. The van der Waals surface area contributed by atoms with Gasteiger partial charge in [0.1, 0.15) is 16.6 Å². The molecule has 9 nitrogen and oxygen atoms in total. The van der Waals surface area contributed by atoms with Crippen LogP contribution in [0.2, 0.25) is 0 Å². The summed E-state index contributed by atoms with van der Waals surface area (Å²) in [5.41, 5.74) is 1.96. The molecule has 0 radical (unpaired) electrons. The van der Waals surface area contributed by atoms with E-state index in [4.69, 9.17) is 9.47 Å². The van der Waals surface area contributed by atoms with Crippen molar-refractivity contribution in [3.05, 3.63) is 94.4 Å². The molecular formula is C33H26N4O5S2. The summed E-state index contributed by atoms with van der Waals surface area (Å²) in [4.78, 5) is 37.4. The minimum atomic E-state index is -0.547. The number of anilines is 1. The zero-order valence-corrected chi connectivity index (χ0v) is 25.5. The van der Waals surface area contributed by atoms with Crippen molar-refractivity contribution in [1.29, 1.82) is 5.26 Å². The number of carbonyl (C=O) groups excluding carboxylic acids is 3. The highest BCUT2D eigenvalue weighted by molar-refractivity contribution is 7.30. The molecule has 0 saturated heterocycles. The van der Waals surface area contributed by atoms with Crippen molar-refractivity contribution < 1.29 is 23.9 Å². The predicted octanol–water partition coefficient (Wildman–Crippen LogP) is 8.82. The van der Waals surface area contributed by atoms with Gasteiger partial charge in [0, 0.05) is 20.0 Å². The number of thiophene rings is 2. The molecule has 0 saturated carbocycles. The van der Waals surface area contributed by atoms with E-state index in [1.807, 2.05) is 49.4 Å². The number of nitriles is 1. The van der Waals surface area contributed by atoms with Gasteiger partial charge in [0.15, 0.2) is 0 Å². The summed E-state index contributed by atoms with van der Waals surface area (Å²) in [6.45, 7) is 2.38. The van der Waals surface area contributed by atoms with Gasteiger partial charge in [-0.3, -0.25) is 4.79 Å². The lowest BCUT2D eigenvalue weighted by Crippen LogP contribution is -2.13. The van der Waals surface area contributed by atoms with E-state index in [0.29, 0.717) is 29.1 Å². The number of carbonyl (C=O) groups is 3. The van der Waals surface area contributed by atoms with E-state index in [1.54, 1.807) is 42.5 Å². The topological polar surface area (TPSA) is 130 Å². The van der Waals surface area contributed by atoms with Crippen LogP contribution in [0.4, 0.5) is 16.4 Å². The molecule has 0 fully saturated rings. The zero-order valence-electron chi connectivity index (χ0n) is 23.8. The second-order valence-corrected chi connectivity index (χ2v) is 11.8. The number of fused-ring (bicyclic) bond motifs is 2. The molecule has 0 spiro atoms. The number of ether oxygens (including phenoxy) is 2. The zero-order chi connectivity index (χ0) is 31.1. The van der Waals surface area contributed by atoms with Crippen molar-refractivity contribution in [3.63, 3.8) is 0 Å². The van der Waals surface area contributed by atoms with E-state index in [0.717, 1.165) is 42.9 Å². The van der Waals surface area contributed by atoms with Gasteiger partial charge in [-0.25, -0.2) is 9.59 Å². The number of benzene rings is 3. The first-order valence-electron chi connectivity index (χ1n) is 13.6. The molecule has 3 aromatic carbocycles. The fourth-order valence-corrected chi connectivity index (χ4v) is 6.35. The van der Waals surface area contributed by atoms with Crippen LogP contribution in [-0.4, -0.2) is 31.6 Å². The third kappa shape index (κ3) is 7.23. The van der Waals surface area contributed by atoms with Crippen molar-refractivity contribution in [2.75, 3.05) is 19.0 Å². The van der Waals surface area contributed by atoms with Gasteiger partial charge in [0.2, 0.25) is 0 Å². The Kier molecular flexibility index (Phi) is 9.54. The van der Waals surface area contributed by atoms with Crippen molar-refractivity contribution >= 4 is 83.1 Å². The Balaban J connectivity index is 1.23. The molecule has 0 bridgehead atoms. The Morgan fingerprint density at radius 1 is 0.886 bits per heavy atom. The molecular weight excluding hydrogens is 597 g/mol. The van der Waals surface area contributed by atoms with Crippen LogP contribution in [-0.2, 0) is 14.3 Å². The summed E-state index contributed by atoms with van der Waals surface area (Å²) in [5.74, 6) is -1.35. The summed E-state index contributed by atoms with van der Waals surface area (Å²) in [7, 11) is 1.35. The molecule has 44 heavy (non-hydrogen) atoms. The molecule has 0 aliphatic heterocycles. The molecule has 0 unspecified atom stereocenters. The summed E-state index contributed by atoms with van der Waals surface area (Å²) >= 11 is 2.89. The molecule has 220 valence electrons. The van der Waals surface area contributed by atoms with Crippen LogP contribution in [0.25, 0.3) is 26.2 Å². The van der Waals surface area contributed by atoms with Crippen LogP contribution in [0.5, 0.6) is 0 Å². The number of nitrogens with zero attached hydrogens (tertiary/aromatic N) is 3. The number of methoxy groups -OCH3 is 1. The van der Waals surface area contributed by atoms with E-state index in [2.05, 4.69) is 15.5 Å². The highest BCUT2D eigenvalue weighted by Crippen LogP contribution is 2.39. The van der Waals surface area contributed by atoms with Crippen molar-refractivity contribution in [2.24, 2.45) is 10.2 Å². The highest BCUT2D eigenvalue weighted by Gasteiger charge is 2.13. The number of unbranched alkanes of at least 4 members (excludes halogenated alkanes) is 1. The van der Waals surface area contributed by atoms with Gasteiger partial charge in [0.05, 0.1) is 30.5 Å². The van der Waals surface area contributed by atoms with Gasteiger partial charge in [-0.15, -0.1) is 32.9 Å². The van der Waals surface area contributed by atoms with Crippen LogP contribution >= 0.6 is 22.7 Å². The smallest absolute Gasteiger partial charge is 0.338 e. The average molecular weight is 623 g/mol. The number of rotatable bonds is 10. The number of hydrogen-bond donors (Lipinski definition) is 1. The summed E-state index contributed by atoms with van der Waals surface area (Å²) < 4.78 is 11.9. The van der Waals surface area contributed by atoms with E-state index in [9.17, 15) is 19.6 Å². The lowest BCUT2D eigenvalue weighted by molar-refractivity contribution is -0.112. The van der Waals surface area contributed by atoms with Gasteiger partial charge in [-0.2, -0.15) is 5.26 Å². The number of hydrogen-bond acceptors (Lipinski definition) is 10. The maximum Gasteiger partial charge on any atom is 0.338 e. The molecule has 5 aromatic rings. The molecule has 11 heteroatoms. The van der Waals surface area contributed by atoms with Gasteiger partial charge in [-0.05, 0) is 83.9 Å². The third-order valence-electron chi connectivity index (χ3n) is 6.48. The summed E-state index contributed by atoms with van der Waals surface area (Å²) in [6.07, 6.45) is 3.28. The second-order valence-electron chi connectivity index (χ2n) is 9.59. The number of azo groups is 1. The Hall–Kier alpha value is -5.18. The average Bonchev–Trinajstić information content (AvgIpc) is 3.60. The third-order valence-corrected chi connectivity index (χ3v) is 8.61. The standard InChI is InChI=1S/C33H26N4O5S2/c1-3-4-13-42-33(40)20-7-10-25(11-8-20)35-31(38)24(19-34)16-27-17-28-29(43-27)18-30(44-28)37-36-26-12-9-21-14-23(32(39)41-2)6-5-22(21)15-26/h5-12,14-18H,3-4,13H2,1-2H3,(H,35,38)/b24-16+,37-36?. The monoisotopic (exact) mass is 622 g/mol. The van der Waals surface area contributed by atoms with Crippen molar-refractivity contribution in [3.8, 4) is 6.07 Å². The summed E-state index contributed by atoms with van der Waals surface area (Å²) in [5, 5.41) is 23.6. The number of amides is 1. The SMILES string of the molecule is CCCCOC(=O)c1ccc(NC(=O)/C(C#N)=C/c2cc3sc(N=Nc4ccc5cc(C(=O)OC)ccc5c4)cc3s2)cc1. The van der Waals surface area contributed by atoms with E-state index >= 15 is 0 Å². The Morgan fingerprint density at radius 3 is 2.34 bits per heavy atom. The highest BCUT2D eigenvalue weighted by atomic mass is 32.1. The first-order chi connectivity index (χ1) is 21.4. The summed E-state index contributed by atoms with van der Waals surface area (Å²) in [6, 6.07) is 23.1. The maximum atomic E-state index is 12.8. The van der Waals surface area contributed by atoms with E-state index in [1.165, 1.54) is 29.8 Å². The van der Waals surface area contributed by atoms with Crippen LogP contribution in [0, 0.1) is 11.3 Å². The predicted molar refractivity (Wildman–Crippen MR) is 173 cm³/mol. The van der Waals surface area contributed by atoms with E-state index in [-0.39, 0.29) is 11.5 Å². The molecule has 0 atom stereocenters. The molecule has 2 aromatic heterocycles. The largest absolute Gasteiger partial charge is 0.465 e. The van der Waals surface area contributed by atoms with Crippen LogP contribution in [0.15, 0.2) is 88.6 Å². The molecule has 0 aliphatic carbocycles. The Bertz CT molecular complexity index is 1930. The van der Waals surface area contributed by atoms with Crippen LogP contribution in [0.3, 0.4) is 0 Å². The van der Waals surface area contributed by atoms with Crippen LogP contribution in [0.1, 0.15) is 45.4 Å². The minimum Gasteiger partial charge on any atom is -0.465 e. The Morgan fingerprint density at radius 2 is 1.61 bits per heavy atom. The van der Waals surface area contributed by atoms with Crippen LogP contribution < -0.4 is 5.32 Å². The van der Waals surface area contributed by atoms with Crippen molar-refractivity contribution in [2.45, 2.75) is 19.8 Å². The van der Waals surface area contributed by atoms with Gasteiger partial charge < -0.3 is 14.8 Å². The normalized spacial score (nSPS) is 11.5. The first kappa shape index (κ1) is 30.3. The lowest BCUT2D eigenvalue weighted by Gasteiger charge is -2.06. The van der Waals surface area contributed by atoms with E-state index < -0.39 is 11.9 Å². The fourth-order valence-electron chi connectivity index (χ4n) is 4.18. The minimum absolute atomic E-state index is 0.0446. The maximum absolute atomic E-state index is 12.8. The number of esters is 2. The second kappa shape index (κ2) is 13.9. The van der Waals surface area contributed by atoms with Gasteiger partial charge in [-0.1, -0.05) is 25.5 Å². The molecule has 1 N–H and O–H groups in total.